The number of likely N-dealkylation sites (tertiary alicyclic amines) is 1. The maximum Gasteiger partial charge on any atom is 0.0261 e. The van der Waals surface area contributed by atoms with E-state index in [1.165, 1.54) is 25.8 Å². The lowest BCUT2D eigenvalue weighted by molar-refractivity contribution is 0.177. The smallest absolute Gasteiger partial charge is 0.0261 e. The quantitative estimate of drug-likeness (QED) is 0.635. The van der Waals surface area contributed by atoms with E-state index >= 15 is 0 Å². The molecular formula is C11H22ClN. The van der Waals surface area contributed by atoms with Gasteiger partial charge in [0, 0.05) is 24.5 Å². The largest absolute Gasteiger partial charge is 0.297 e. The molecule has 0 spiro atoms. The van der Waals surface area contributed by atoms with Crippen LogP contribution < -0.4 is 0 Å². The highest BCUT2D eigenvalue weighted by molar-refractivity contribution is 6.18. The molecule has 1 heterocycles. The van der Waals surface area contributed by atoms with Gasteiger partial charge in [-0.25, -0.2) is 0 Å². The number of hydrogen-bond acceptors (Lipinski definition) is 1. The molecule has 1 saturated heterocycles. The summed E-state index contributed by atoms with van der Waals surface area (Å²) >= 11 is 5.84. The Balaban J connectivity index is 2.44. The van der Waals surface area contributed by atoms with Crippen LogP contribution in [0, 0.1) is 5.92 Å². The molecule has 0 amide bonds. The molecule has 0 aromatic heterocycles. The van der Waals surface area contributed by atoms with Crippen molar-refractivity contribution in [2.45, 2.75) is 52.1 Å². The summed E-state index contributed by atoms with van der Waals surface area (Å²) in [7, 11) is 0. The summed E-state index contributed by atoms with van der Waals surface area (Å²) in [4.78, 5) is 2.65. The van der Waals surface area contributed by atoms with Crippen molar-refractivity contribution in [1.29, 1.82) is 0 Å². The second kappa shape index (κ2) is 5.21. The normalized spacial score (nSPS) is 32.3. The minimum atomic E-state index is 0.635. The predicted octanol–water partition coefficient (Wildman–Crippen LogP) is 3.12. The lowest BCUT2D eigenvalue weighted by atomic mass is 10.1. The molecule has 0 saturated carbocycles. The third-order valence-corrected chi connectivity index (χ3v) is 3.74. The number of alkyl halides is 1. The fourth-order valence-corrected chi connectivity index (χ4v) is 2.40. The first-order valence-electron chi connectivity index (χ1n) is 5.50. The predicted molar refractivity (Wildman–Crippen MR) is 59.4 cm³/mol. The molecule has 1 nitrogen and oxygen atoms in total. The maximum absolute atomic E-state index is 5.84. The highest BCUT2D eigenvalue weighted by Crippen LogP contribution is 2.26. The van der Waals surface area contributed by atoms with Crippen molar-refractivity contribution < 1.29 is 0 Å². The number of rotatable bonds is 4. The lowest BCUT2D eigenvalue weighted by Crippen LogP contribution is -2.37. The molecule has 1 aliphatic rings. The summed E-state index contributed by atoms with van der Waals surface area (Å²) in [6.07, 6.45) is 4.04. The Bertz CT molecular complexity index is 149. The molecule has 1 rings (SSSR count). The van der Waals surface area contributed by atoms with Crippen molar-refractivity contribution in [3.05, 3.63) is 0 Å². The fourth-order valence-electron chi connectivity index (χ4n) is 2.30. The molecular weight excluding hydrogens is 182 g/mol. The Kier molecular flexibility index (Phi) is 4.54. The van der Waals surface area contributed by atoms with Gasteiger partial charge >= 0.3 is 0 Å². The van der Waals surface area contributed by atoms with E-state index in [0.29, 0.717) is 5.92 Å². The maximum atomic E-state index is 5.84. The molecule has 0 aromatic rings. The molecule has 1 aliphatic heterocycles. The molecule has 3 atom stereocenters. The topological polar surface area (TPSA) is 3.24 Å². The molecule has 0 N–H and O–H groups in total. The zero-order valence-electron chi connectivity index (χ0n) is 9.09. The van der Waals surface area contributed by atoms with Crippen LogP contribution in [-0.4, -0.2) is 29.4 Å². The van der Waals surface area contributed by atoms with Crippen LogP contribution in [0.15, 0.2) is 0 Å². The summed E-state index contributed by atoms with van der Waals surface area (Å²) in [5.41, 5.74) is 0. The Morgan fingerprint density at radius 3 is 2.69 bits per heavy atom. The Labute approximate surface area is 87.4 Å². The molecule has 0 aliphatic carbocycles. The minimum Gasteiger partial charge on any atom is -0.297 e. The molecule has 2 heteroatoms. The van der Waals surface area contributed by atoms with Crippen LogP contribution in [0.2, 0.25) is 0 Å². The van der Waals surface area contributed by atoms with E-state index in [2.05, 4.69) is 25.7 Å². The standard InChI is InChI=1S/C11H22ClN/c1-4-11-6-5-10(3)13(11)8-9(2)7-12/h9-11H,4-8H2,1-3H3. The van der Waals surface area contributed by atoms with Gasteiger partial charge in [0.2, 0.25) is 0 Å². The zero-order chi connectivity index (χ0) is 9.84. The van der Waals surface area contributed by atoms with E-state index < -0.39 is 0 Å². The molecule has 13 heavy (non-hydrogen) atoms. The second-order valence-corrected chi connectivity index (χ2v) is 4.75. The molecule has 0 radical (unpaired) electrons. The Hall–Kier alpha value is 0.250. The molecule has 0 aromatic carbocycles. The van der Waals surface area contributed by atoms with Gasteiger partial charge in [-0.05, 0) is 32.1 Å². The van der Waals surface area contributed by atoms with Gasteiger partial charge in [-0.15, -0.1) is 11.6 Å². The van der Waals surface area contributed by atoms with Crippen molar-refractivity contribution in [2.75, 3.05) is 12.4 Å². The van der Waals surface area contributed by atoms with Gasteiger partial charge in [-0.1, -0.05) is 13.8 Å². The van der Waals surface area contributed by atoms with Crippen molar-refractivity contribution in [3.8, 4) is 0 Å². The average Bonchev–Trinajstić information content (AvgIpc) is 2.48. The summed E-state index contributed by atoms with van der Waals surface area (Å²) < 4.78 is 0. The Morgan fingerprint density at radius 1 is 1.46 bits per heavy atom. The SMILES string of the molecule is CCC1CCC(C)N1CC(C)CCl. The van der Waals surface area contributed by atoms with E-state index in [9.17, 15) is 0 Å². The zero-order valence-corrected chi connectivity index (χ0v) is 9.85. The first-order valence-corrected chi connectivity index (χ1v) is 6.04. The summed E-state index contributed by atoms with van der Waals surface area (Å²) in [6.45, 7) is 8.06. The summed E-state index contributed by atoms with van der Waals surface area (Å²) in [5.74, 6) is 1.43. The monoisotopic (exact) mass is 203 g/mol. The van der Waals surface area contributed by atoms with Crippen molar-refractivity contribution >= 4 is 11.6 Å². The molecule has 1 fully saturated rings. The van der Waals surface area contributed by atoms with E-state index in [-0.39, 0.29) is 0 Å². The van der Waals surface area contributed by atoms with Crippen LogP contribution >= 0.6 is 11.6 Å². The molecule has 0 bridgehead atoms. The van der Waals surface area contributed by atoms with Gasteiger partial charge < -0.3 is 0 Å². The van der Waals surface area contributed by atoms with Crippen molar-refractivity contribution in [1.82, 2.24) is 4.90 Å². The number of halogens is 1. The average molecular weight is 204 g/mol. The van der Waals surface area contributed by atoms with Crippen molar-refractivity contribution in [3.63, 3.8) is 0 Å². The van der Waals surface area contributed by atoms with Gasteiger partial charge in [0.15, 0.2) is 0 Å². The van der Waals surface area contributed by atoms with Crippen LogP contribution in [0.25, 0.3) is 0 Å². The van der Waals surface area contributed by atoms with Crippen molar-refractivity contribution in [2.24, 2.45) is 5.92 Å². The highest BCUT2D eigenvalue weighted by Gasteiger charge is 2.29. The summed E-state index contributed by atoms with van der Waals surface area (Å²) in [6, 6.07) is 1.59. The molecule has 78 valence electrons. The number of hydrogen-bond donors (Lipinski definition) is 0. The minimum absolute atomic E-state index is 0.635. The van der Waals surface area contributed by atoms with Crippen LogP contribution in [0.4, 0.5) is 0 Å². The summed E-state index contributed by atoms with van der Waals surface area (Å²) in [5, 5.41) is 0. The fraction of sp³-hybridized carbons (Fsp3) is 1.00. The van der Waals surface area contributed by atoms with Crippen LogP contribution in [0.1, 0.15) is 40.0 Å². The molecule has 3 unspecified atom stereocenters. The van der Waals surface area contributed by atoms with Gasteiger partial charge in [0.05, 0.1) is 0 Å². The van der Waals surface area contributed by atoms with Gasteiger partial charge in [0.25, 0.3) is 0 Å². The van der Waals surface area contributed by atoms with Crippen LogP contribution in [0.5, 0.6) is 0 Å². The lowest BCUT2D eigenvalue weighted by Gasteiger charge is -2.29. The second-order valence-electron chi connectivity index (χ2n) is 4.44. The van der Waals surface area contributed by atoms with Gasteiger partial charge in [-0.3, -0.25) is 4.90 Å². The van der Waals surface area contributed by atoms with Gasteiger partial charge in [-0.2, -0.15) is 0 Å². The third-order valence-electron chi connectivity index (χ3n) is 3.21. The first kappa shape index (κ1) is 11.3. The van der Waals surface area contributed by atoms with Gasteiger partial charge in [0.1, 0.15) is 0 Å². The highest BCUT2D eigenvalue weighted by atomic mass is 35.5. The van der Waals surface area contributed by atoms with E-state index in [1.54, 1.807) is 0 Å². The van der Waals surface area contributed by atoms with Crippen LogP contribution in [0.3, 0.4) is 0 Å². The third kappa shape index (κ3) is 2.85. The number of nitrogens with zero attached hydrogens (tertiary/aromatic N) is 1. The van der Waals surface area contributed by atoms with Crippen LogP contribution in [-0.2, 0) is 0 Å². The van der Waals surface area contributed by atoms with E-state index in [4.69, 9.17) is 11.6 Å². The van der Waals surface area contributed by atoms with E-state index in [0.717, 1.165) is 18.0 Å². The Morgan fingerprint density at radius 2 is 2.15 bits per heavy atom. The van der Waals surface area contributed by atoms with E-state index in [1.807, 2.05) is 0 Å². The first-order chi connectivity index (χ1) is 6.19.